The van der Waals surface area contributed by atoms with Gasteiger partial charge in [-0.2, -0.15) is 4.31 Å². The van der Waals surface area contributed by atoms with Gasteiger partial charge in [-0.3, -0.25) is 0 Å². The van der Waals surface area contributed by atoms with Crippen LogP contribution in [-0.2, 0) is 19.1 Å². The molecule has 8 heteroatoms. The second-order valence-electron chi connectivity index (χ2n) is 5.19. The van der Waals surface area contributed by atoms with Crippen molar-refractivity contribution in [3.05, 3.63) is 24.3 Å². The summed E-state index contributed by atoms with van der Waals surface area (Å²) in [5.74, 6) is 0.564. The summed E-state index contributed by atoms with van der Waals surface area (Å²) in [5, 5.41) is 0. The Morgan fingerprint density at radius 1 is 1.05 bits per heavy atom. The molecule has 112 valence electrons. The van der Waals surface area contributed by atoms with Gasteiger partial charge in [0.1, 0.15) is 0 Å². The van der Waals surface area contributed by atoms with E-state index in [9.17, 15) is 16.8 Å². The Hall–Kier alpha value is -0.630. The third-order valence-electron chi connectivity index (χ3n) is 3.68. The number of hydrogen-bond donors (Lipinski definition) is 0. The summed E-state index contributed by atoms with van der Waals surface area (Å²) in [4.78, 5) is -0.249. The van der Waals surface area contributed by atoms with Crippen LogP contribution in [0, 0.1) is 11.8 Å². The van der Waals surface area contributed by atoms with Gasteiger partial charge in [-0.1, -0.05) is 19.9 Å². The molecule has 1 aromatic rings. The fraction of sp³-hybridized carbons (Fsp3) is 0.500. The minimum absolute atomic E-state index is 0.0412. The van der Waals surface area contributed by atoms with Crippen LogP contribution in [0.2, 0.25) is 0 Å². The van der Waals surface area contributed by atoms with Crippen LogP contribution < -0.4 is 0 Å². The molecule has 0 aliphatic carbocycles. The topological polar surface area (TPSA) is 71.5 Å². The van der Waals surface area contributed by atoms with Crippen molar-refractivity contribution in [1.29, 1.82) is 0 Å². The van der Waals surface area contributed by atoms with Crippen LogP contribution >= 0.6 is 10.7 Å². The van der Waals surface area contributed by atoms with Gasteiger partial charge in [0, 0.05) is 23.8 Å². The van der Waals surface area contributed by atoms with E-state index in [4.69, 9.17) is 10.7 Å². The summed E-state index contributed by atoms with van der Waals surface area (Å²) < 4.78 is 49.0. The van der Waals surface area contributed by atoms with E-state index in [0.717, 1.165) is 6.07 Å². The van der Waals surface area contributed by atoms with Crippen molar-refractivity contribution in [2.24, 2.45) is 11.8 Å². The van der Waals surface area contributed by atoms with Gasteiger partial charge in [0.25, 0.3) is 9.05 Å². The van der Waals surface area contributed by atoms with Crippen LogP contribution in [0.4, 0.5) is 0 Å². The van der Waals surface area contributed by atoms with Gasteiger partial charge in [-0.25, -0.2) is 16.8 Å². The average molecular weight is 338 g/mol. The van der Waals surface area contributed by atoms with Crippen LogP contribution in [0.15, 0.2) is 34.1 Å². The first-order chi connectivity index (χ1) is 9.12. The lowest BCUT2D eigenvalue weighted by Crippen LogP contribution is -2.29. The van der Waals surface area contributed by atoms with Crippen LogP contribution in [0.1, 0.15) is 13.8 Å². The largest absolute Gasteiger partial charge is 0.261 e. The van der Waals surface area contributed by atoms with Gasteiger partial charge < -0.3 is 0 Å². The van der Waals surface area contributed by atoms with Crippen LogP contribution in [0.25, 0.3) is 0 Å². The fourth-order valence-electron chi connectivity index (χ4n) is 2.21. The molecule has 1 aliphatic rings. The zero-order valence-corrected chi connectivity index (χ0v) is 13.5. The van der Waals surface area contributed by atoms with Crippen molar-refractivity contribution in [2.45, 2.75) is 23.6 Å². The van der Waals surface area contributed by atoms with E-state index >= 15 is 0 Å². The number of benzene rings is 1. The predicted octanol–water partition coefficient (Wildman–Crippen LogP) is 1.89. The lowest BCUT2D eigenvalue weighted by atomic mass is 10.0. The molecule has 2 unspecified atom stereocenters. The van der Waals surface area contributed by atoms with Gasteiger partial charge in [0.2, 0.25) is 10.0 Å². The molecule has 0 radical (unpaired) electrons. The lowest BCUT2D eigenvalue weighted by Gasteiger charge is -2.16. The molecule has 0 amide bonds. The molecule has 2 rings (SSSR count). The summed E-state index contributed by atoms with van der Waals surface area (Å²) in [6, 6.07) is 5.14. The second-order valence-corrected chi connectivity index (χ2v) is 9.69. The van der Waals surface area contributed by atoms with Crippen molar-refractivity contribution >= 4 is 29.8 Å². The molecule has 2 atom stereocenters. The third kappa shape index (κ3) is 3.00. The highest BCUT2D eigenvalue weighted by Gasteiger charge is 2.35. The molecular formula is C12H16ClNO4S2. The summed E-state index contributed by atoms with van der Waals surface area (Å²) in [5.41, 5.74) is 0. The fourth-order valence-corrected chi connectivity index (χ4v) is 4.77. The Morgan fingerprint density at radius 3 is 2.05 bits per heavy atom. The molecule has 1 heterocycles. The summed E-state index contributed by atoms with van der Waals surface area (Å²) >= 11 is 0. The summed E-state index contributed by atoms with van der Waals surface area (Å²) in [6.07, 6.45) is 0. The maximum atomic E-state index is 12.5. The average Bonchev–Trinajstić information content (AvgIpc) is 2.69. The van der Waals surface area contributed by atoms with E-state index in [0.29, 0.717) is 13.1 Å². The Labute approximate surface area is 124 Å². The number of rotatable bonds is 3. The number of nitrogens with zero attached hydrogens (tertiary/aromatic N) is 1. The molecular weight excluding hydrogens is 322 g/mol. The normalized spacial score (nSPS) is 24.9. The van der Waals surface area contributed by atoms with Crippen molar-refractivity contribution in [3.63, 3.8) is 0 Å². The quantitative estimate of drug-likeness (QED) is 0.790. The van der Waals surface area contributed by atoms with E-state index in [1.54, 1.807) is 0 Å². The van der Waals surface area contributed by atoms with Crippen molar-refractivity contribution in [3.8, 4) is 0 Å². The van der Waals surface area contributed by atoms with Gasteiger partial charge in [0.15, 0.2) is 0 Å². The predicted molar refractivity (Wildman–Crippen MR) is 76.6 cm³/mol. The van der Waals surface area contributed by atoms with Gasteiger partial charge >= 0.3 is 0 Å². The van der Waals surface area contributed by atoms with Crippen LogP contribution in [0.5, 0.6) is 0 Å². The first-order valence-corrected chi connectivity index (χ1v) is 9.92. The number of sulfonamides is 1. The smallest absolute Gasteiger partial charge is 0.207 e. The Bertz CT molecular complexity index is 705. The van der Waals surface area contributed by atoms with Crippen LogP contribution in [0.3, 0.4) is 0 Å². The Kier molecular flexibility index (Phi) is 4.17. The highest BCUT2D eigenvalue weighted by Crippen LogP contribution is 2.29. The van der Waals surface area contributed by atoms with E-state index < -0.39 is 19.1 Å². The SMILES string of the molecule is CC1CN(S(=O)(=O)c2cccc(S(=O)(=O)Cl)c2)CC1C. The van der Waals surface area contributed by atoms with Gasteiger partial charge in [-0.15, -0.1) is 0 Å². The standard InChI is InChI=1S/C12H16ClNO4S2/c1-9-7-14(8-10(9)2)20(17,18)12-5-3-4-11(6-12)19(13,15)16/h3-6,9-10H,7-8H2,1-2H3. The Balaban J connectivity index is 2.41. The first kappa shape index (κ1) is 15.8. The van der Waals surface area contributed by atoms with Crippen LogP contribution in [-0.4, -0.2) is 34.2 Å². The van der Waals surface area contributed by atoms with Crippen molar-refractivity contribution in [1.82, 2.24) is 4.31 Å². The number of hydrogen-bond acceptors (Lipinski definition) is 4. The molecule has 0 bridgehead atoms. The zero-order chi connectivity index (χ0) is 15.1. The molecule has 0 spiro atoms. The molecule has 5 nitrogen and oxygen atoms in total. The monoisotopic (exact) mass is 337 g/mol. The van der Waals surface area contributed by atoms with Crippen molar-refractivity contribution in [2.75, 3.05) is 13.1 Å². The van der Waals surface area contributed by atoms with E-state index in [2.05, 4.69) is 0 Å². The van der Waals surface area contributed by atoms with Gasteiger partial charge in [-0.05, 0) is 30.0 Å². The Morgan fingerprint density at radius 2 is 1.55 bits per heavy atom. The second kappa shape index (κ2) is 5.29. The molecule has 1 aliphatic heterocycles. The van der Waals surface area contributed by atoms with E-state index in [-0.39, 0.29) is 21.6 Å². The number of halogens is 1. The maximum absolute atomic E-state index is 12.5. The zero-order valence-electron chi connectivity index (χ0n) is 11.2. The molecule has 0 N–H and O–H groups in total. The summed E-state index contributed by atoms with van der Waals surface area (Å²) in [6.45, 7) is 4.89. The molecule has 0 saturated carbocycles. The first-order valence-electron chi connectivity index (χ1n) is 6.17. The highest BCUT2D eigenvalue weighted by atomic mass is 35.7. The molecule has 1 fully saturated rings. The van der Waals surface area contributed by atoms with E-state index in [1.165, 1.54) is 22.5 Å². The minimum atomic E-state index is -3.94. The van der Waals surface area contributed by atoms with Crippen molar-refractivity contribution < 1.29 is 16.8 Å². The molecule has 1 aromatic carbocycles. The lowest BCUT2D eigenvalue weighted by molar-refractivity contribution is 0.463. The maximum Gasteiger partial charge on any atom is 0.261 e. The minimum Gasteiger partial charge on any atom is -0.207 e. The van der Waals surface area contributed by atoms with Gasteiger partial charge in [0.05, 0.1) is 9.79 Å². The molecule has 0 aromatic heterocycles. The highest BCUT2D eigenvalue weighted by molar-refractivity contribution is 8.13. The van der Waals surface area contributed by atoms with E-state index in [1.807, 2.05) is 13.8 Å². The molecule has 1 saturated heterocycles. The summed E-state index contributed by atoms with van der Waals surface area (Å²) in [7, 11) is -2.37. The molecule has 20 heavy (non-hydrogen) atoms. The third-order valence-corrected chi connectivity index (χ3v) is 6.86.